The molecule has 9 aromatic rings. The van der Waals surface area contributed by atoms with E-state index in [9.17, 15) is 0 Å². The number of hydrogen-bond donors (Lipinski definition) is 0. The van der Waals surface area contributed by atoms with Crippen molar-refractivity contribution in [2.24, 2.45) is 0 Å². The van der Waals surface area contributed by atoms with Crippen LogP contribution in [0.5, 0.6) is 0 Å². The van der Waals surface area contributed by atoms with Gasteiger partial charge in [-0.3, -0.25) is 4.98 Å². The van der Waals surface area contributed by atoms with E-state index in [0.29, 0.717) is 0 Å². The number of nitrogens with zero attached hydrogens (tertiary/aromatic N) is 2. The van der Waals surface area contributed by atoms with Gasteiger partial charge in [0.15, 0.2) is 0 Å². The molecule has 60 heavy (non-hydrogen) atoms. The number of benzene rings is 8. The van der Waals surface area contributed by atoms with Crippen LogP contribution in [0, 0.1) is 0 Å². The van der Waals surface area contributed by atoms with Crippen molar-refractivity contribution in [3.63, 3.8) is 0 Å². The van der Waals surface area contributed by atoms with Crippen molar-refractivity contribution in [3.8, 4) is 44.6 Å². The van der Waals surface area contributed by atoms with Crippen molar-refractivity contribution in [1.82, 2.24) is 4.98 Å². The largest absolute Gasteiger partial charge is 0.310 e. The van der Waals surface area contributed by atoms with Gasteiger partial charge >= 0.3 is 0 Å². The lowest BCUT2D eigenvalue weighted by Gasteiger charge is -2.32. The normalized spacial score (nSPS) is 12.7. The zero-order valence-electron chi connectivity index (χ0n) is 34.1. The molecule has 1 aromatic heterocycles. The van der Waals surface area contributed by atoms with Crippen molar-refractivity contribution in [2.45, 2.75) is 32.1 Å². The van der Waals surface area contributed by atoms with Crippen LogP contribution in [0.4, 0.5) is 17.1 Å². The Kier molecular flexibility index (Phi) is 9.75. The van der Waals surface area contributed by atoms with Crippen molar-refractivity contribution in [2.75, 3.05) is 4.90 Å². The standard InChI is InChI=1S/C58H46N2/c1-3-58(4-2)55-36-42(28-33-52(55)53-35-32-50(39-56(53)58)60(48-20-10-6-11-21-48)49-22-12-7-13-23-49)25-24-41-26-29-44(30-27-41)51-34-31-46(43-16-8-5-9-17-43)37-54(51)57-38-45-18-14-15-19-47(45)40-59-57/h5-40H,3-4H2,1-2H3/b25-24+. The van der Waals surface area contributed by atoms with Gasteiger partial charge in [0.1, 0.15) is 0 Å². The molecule has 0 amide bonds. The summed E-state index contributed by atoms with van der Waals surface area (Å²) in [7, 11) is 0. The fourth-order valence-corrected chi connectivity index (χ4v) is 9.37. The number of hydrogen-bond acceptors (Lipinski definition) is 2. The maximum Gasteiger partial charge on any atom is 0.0714 e. The van der Waals surface area contributed by atoms with Gasteiger partial charge in [-0.15, -0.1) is 0 Å². The predicted octanol–water partition coefficient (Wildman–Crippen LogP) is 16.0. The van der Waals surface area contributed by atoms with Gasteiger partial charge in [0.2, 0.25) is 0 Å². The summed E-state index contributed by atoms with van der Waals surface area (Å²) in [4.78, 5) is 7.34. The minimum atomic E-state index is -0.0705. The summed E-state index contributed by atoms with van der Waals surface area (Å²) in [5, 5.41) is 2.33. The highest BCUT2D eigenvalue weighted by molar-refractivity contribution is 5.92. The predicted molar refractivity (Wildman–Crippen MR) is 255 cm³/mol. The molecule has 288 valence electrons. The smallest absolute Gasteiger partial charge is 0.0714 e. The van der Waals surface area contributed by atoms with E-state index >= 15 is 0 Å². The van der Waals surface area contributed by atoms with Crippen LogP contribution in [0.2, 0.25) is 0 Å². The first-order chi connectivity index (χ1) is 29.6. The van der Waals surface area contributed by atoms with E-state index in [1.54, 1.807) is 0 Å². The molecule has 0 unspecified atom stereocenters. The lowest BCUT2D eigenvalue weighted by atomic mass is 9.73. The highest BCUT2D eigenvalue weighted by Gasteiger charge is 2.41. The van der Waals surface area contributed by atoms with Crippen LogP contribution >= 0.6 is 0 Å². The maximum absolute atomic E-state index is 4.96. The Morgan fingerprint density at radius 1 is 0.417 bits per heavy atom. The quantitative estimate of drug-likeness (QED) is 0.129. The Bertz CT molecular complexity index is 2940. The number of pyridine rings is 1. The molecule has 0 N–H and O–H groups in total. The molecule has 8 aromatic carbocycles. The Hall–Kier alpha value is -7.29. The van der Waals surface area contributed by atoms with Crippen molar-refractivity contribution in [3.05, 3.63) is 229 Å². The fraction of sp³-hybridized carbons (Fsp3) is 0.0862. The Morgan fingerprint density at radius 2 is 0.967 bits per heavy atom. The van der Waals surface area contributed by atoms with Gasteiger partial charge in [0.25, 0.3) is 0 Å². The van der Waals surface area contributed by atoms with Crippen molar-refractivity contribution in [1.29, 1.82) is 0 Å². The average molecular weight is 771 g/mol. The molecule has 0 saturated heterocycles. The van der Waals surface area contributed by atoms with Crippen molar-refractivity contribution < 1.29 is 0 Å². The first-order valence-corrected chi connectivity index (χ1v) is 21.1. The lowest BCUT2D eigenvalue weighted by molar-refractivity contribution is 0.490. The van der Waals surface area contributed by atoms with Gasteiger partial charge in [-0.05, 0) is 122 Å². The molecule has 10 rings (SSSR count). The van der Waals surface area contributed by atoms with Gasteiger partial charge < -0.3 is 4.90 Å². The molecule has 0 spiro atoms. The lowest BCUT2D eigenvalue weighted by Crippen LogP contribution is -2.23. The van der Waals surface area contributed by atoms with Gasteiger partial charge in [0.05, 0.1) is 5.69 Å². The molecule has 0 radical (unpaired) electrons. The summed E-state index contributed by atoms with van der Waals surface area (Å²) in [6, 6.07) is 72.5. The van der Waals surface area contributed by atoms with E-state index < -0.39 is 0 Å². The molecule has 0 aliphatic heterocycles. The Balaban J connectivity index is 0.962. The topological polar surface area (TPSA) is 16.1 Å². The summed E-state index contributed by atoms with van der Waals surface area (Å²) in [6.07, 6.45) is 8.56. The van der Waals surface area contributed by atoms with Crippen LogP contribution in [-0.2, 0) is 5.41 Å². The fourth-order valence-electron chi connectivity index (χ4n) is 9.37. The van der Waals surface area contributed by atoms with Crippen LogP contribution in [-0.4, -0.2) is 4.98 Å². The van der Waals surface area contributed by atoms with Crippen LogP contribution in [0.3, 0.4) is 0 Å². The number of aromatic nitrogens is 1. The maximum atomic E-state index is 4.96. The zero-order chi connectivity index (χ0) is 40.5. The van der Waals surface area contributed by atoms with E-state index in [1.165, 1.54) is 61.1 Å². The summed E-state index contributed by atoms with van der Waals surface area (Å²) >= 11 is 0. The molecule has 1 heterocycles. The Labute approximate surface area is 353 Å². The third-order valence-corrected chi connectivity index (χ3v) is 12.6. The van der Waals surface area contributed by atoms with E-state index in [1.807, 2.05) is 6.20 Å². The van der Waals surface area contributed by atoms with Gasteiger partial charge in [0, 0.05) is 39.6 Å². The number of para-hydroxylation sites is 2. The van der Waals surface area contributed by atoms with E-state index in [4.69, 9.17) is 4.98 Å². The molecule has 2 heteroatoms. The highest BCUT2D eigenvalue weighted by atomic mass is 15.1. The Morgan fingerprint density at radius 3 is 1.65 bits per heavy atom. The molecule has 2 nitrogen and oxygen atoms in total. The number of anilines is 3. The van der Waals surface area contributed by atoms with Gasteiger partial charge in [-0.2, -0.15) is 0 Å². The van der Waals surface area contributed by atoms with Crippen LogP contribution < -0.4 is 4.90 Å². The monoisotopic (exact) mass is 770 g/mol. The molecule has 0 saturated carbocycles. The molecule has 1 aliphatic carbocycles. The second-order valence-electron chi connectivity index (χ2n) is 15.8. The van der Waals surface area contributed by atoms with E-state index in [2.05, 4.69) is 231 Å². The van der Waals surface area contributed by atoms with Crippen LogP contribution in [0.25, 0.3) is 67.6 Å². The second kappa shape index (κ2) is 15.8. The van der Waals surface area contributed by atoms with Crippen molar-refractivity contribution >= 4 is 40.0 Å². The molecule has 0 bridgehead atoms. The third kappa shape index (κ3) is 6.70. The van der Waals surface area contributed by atoms with E-state index in [-0.39, 0.29) is 5.41 Å². The molecule has 1 aliphatic rings. The minimum absolute atomic E-state index is 0.0705. The first kappa shape index (κ1) is 37.0. The van der Waals surface area contributed by atoms with Crippen LogP contribution in [0.15, 0.2) is 206 Å². The van der Waals surface area contributed by atoms with Gasteiger partial charge in [-0.25, -0.2) is 0 Å². The minimum Gasteiger partial charge on any atom is -0.310 e. The SMILES string of the molecule is CCC1(CC)c2cc(/C=C/c3ccc(-c4ccc(-c5ccccc5)cc4-c4cc5ccccc5cn4)cc3)ccc2-c2ccc(N(c3ccccc3)c3ccccc3)cc21. The molecular weight excluding hydrogens is 725 g/mol. The van der Waals surface area contributed by atoms with Crippen LogP contribution in [0.1, 0.15) is 48.9 Å². The number of rotatable bonds is 10. The van der Waals surface area contributed by atoms with E-state index in [0.717, 1.165) is 46.4 Å². The first-order valence-electron chi connectivity index (χ1n) is 21.1. The average Bonchev–Trinajstić information content (AvgIpc) is 3.60. The second-order valence-corrected chi connectivity index (χ2v) is 15.8. The molecule has 0 fully saturated rings. The zero-order valence-corrected chi connectivity index (χ0v) is 34.1. The summed E-state index contributed by atoms with van der Waals surface area (Å²) in [6.45, 7) is 4.70. The molecular formula is C58H46N2. The summed E-state index contributed by atoms with van der Waals surface area (Å²) < 4.78 is 0. The highest BCUT2D eigenvalue weighted by Crippen LogP contribution is 2.54. The summed E-state index contributed by atoms with van der Waals surface area (Å²) in [5.41, 5.74) is 18.1. The third-order valence-electron chi connectivity index (χ3n) is 12.6. The van der Waals surface area contributed by atoms with Gasteiger partial charge in [-0.1, -0.05) is 178 Å². The molecule has 0 atom stereocenters. The number of fused-ring (bicyclic) bond motifs is 4. The summed E-state index contributed by atoms with van der Waals surface area (Å²) in [5.74, 6) is 0.